The van der Waals surface area contributed by atoms with Crippen LogP contribution in [0.5, 0.6) is 0 Å². The number of aromatic nitrogens is 6. The standard InChI is InChI=1S/C30H16F6N8/c31-29(32,33)17-3-5-19-21(13-17)39-27-25(37-19)41-23-11-15(7-9-43(23)27)1-2-16-8-10-44-24(12-16)42-26-28(44)40-22-14-18(30(34,35)36)4-6-20(22)38-26/h1-14,37,39H/b2-1+. The van der Waals surface area contributed by atoms with Crippen LogP contribution in [-0.2, 0) is 12.4 Å². The van der Waals surface area contributed by atoms with Crippen LogP contribution in [0.25, 0.3) is 45.8 Å². The second-order valence-corrected chi connectivity index (χ2v) is 10.2. The molecule has 0 radical (unpaired) electrons. The zero-order chi connectivity index (χ0) is 30.4. The van der Waals surface area contributed by atoms with Crippen molar-refractivity contribution in [1.29, 1.82) is 0 Å². The molecule has 1 aliphatic heterocycles. The second kappa shape index (κ2) is 8.92. The van der Waals surface area contributed by atoms with Crippen molar-refractivity contribution in [1.82, 2.24) is 28.7 Å². The summed E-state index contributed by atoms with van der Waals surface area (Å²) in [5.41, 5.74) is 3.04. The van der Waals surface area contributed by atoms with Gasteiger partial charge in [-0.25, -0.2) is 19.9 Å². The first-order valence-electron chi connectivity index (χ1n) is 13.1. The van der Waals surface area contributed by atoms with E-state index in [1.165, 1.54) is 12.1 Å². The Hall–Kier alpha value is -5.66. The highest BCUT2D eigenvalue weighted by Crippen LogP contribution is 2.41. The number of rotatable bonds is 2. The van der Waals surface area contributed by atoms with E-state index >= 15 is 0 Å². The third kappa shape index (κ3) is 4.25. The number of hydrogen-bond donors (Lipinski definition) is 2. The maximum Gasteiger partial charge on any atom is 0.416 e. The number of benzene rings is 2. The quantitative estimate of drug-likeness (QED) is 0.195. The molecule has 0 spiro atoms. The van der Waals surface area contributed by atoms with E-state index in [1.54, 1.807) is 27.3 Å². The molecule has 8 rings (SSSR count). The number of hydrogen-bond acceptors (Lipinski definition) is 6. The van der Waals surface area contributed by atoms with Crippen molar-refractivity contribution in [3.8, 4) is 0 Å². The second-order valence-electron chi connectivity index (χ2n) is 10.2. The summed E-state index contributed by atoms with van der Waals surface area (Å²) in [6, 6.07) is 14.0. The highest BCUT2D eigenvalue weighted by atomic mass is 19.4. The monoisotopic (exact) mass is 602 g/mol. The molecule has 14 heteroatoms. The van der Waals surface area contributed by atoms with E-state index in [2.05, 4.69) is 30.6 Å². The smallest absolute Gasteiger partial charge is 0.336 e. The minimum absolute atomic E-state index is 0.120. The molecule has 5 aromatic heterocycles. The molecule has 0 fully saturated rings. The van der Waals surface area contributed by atoms with Gasteiger partial charge in [-0.05, 0) is 71.8 Å². The fourth-order valence-electron chi connectivity index (χ4n) is 5.18. The average Bonchev–Trinajstić information content (AvgIpc) is 3.52. The van der Waals surface area contributed by atoms with Gasteiger partial charge in [-0.2, -0.15) is 26.3 Å². The molecule has 6 heterocycles. The summed E-state index contributed by atoms with van der Waals surface area (Å²) < 4.78 is 82.5. The number of imidazole rings is 2. The summed E-state index contributed by atoms with van der Waals surface area (Å²) in [5, 5.41) is 6.14. The van der Waals surface area contributed by atoms with Crippen molar-refractivity contribution < 1.29 is 26.3 Å². The molecule has 1 aliphatic rings. The molecule has 2 aromatic carbocycles. The fourth-order valence-corrected chi connectivity index (χ4v) is 5.18. The lowest BCUT2D eigenvalue weighted by Gasteiger charge is -2.20. The highest BCUT2D eigenvalue weighted by Gasteiger charge is 2.32. The van der Waals surface area contributed by atoms with Gasteiger partial charge in [0.25, 0.3) is 0 Å². The topological polar surface area (TPSA) is 84.4 Å². The number of anilines is 4. The van der Waals surface area contributed by atoms with Crippen LogP contribution in [-0.4, -0.2) is 28.7 Å². The van der Waals surface area contributed by atoms with Crippen molar-refractivity contribution in [2.24, 2.45) is 0 Å². The molecule has 0 unspecified atom stereocenters. The van der Waals surface area contributed by atoms with Gasteiger partial charge >= 0.3 is 12.4 Å². The van der Waals surface area contributed by atoms with Gasteiger partial charge in [0.1, 0.15) is 11.3 Å². The van der Waals surface area contributed by atoms with E-state index in [0.29, 0.717) is 51.1 Å². The number of alkyl halides is 6. The fraction of sp³-hybridized carbons (Fsp3) is 0.0667. The van der Waals surface area contributed by atoms with Crippen molar-refractivity contribution >= 4 is 68.8 Å². The lowest BCUT2D eigenvalue weighted by Crippen LogP contribution is -2.10. The van der Waals surface area contributed by atoms with Gasteiger partial charge in [0, 0.05) is 12.4 Å². The van der Waals surface area contributed by atoms with Crippen molar-refractivity contribution in [2.75, 3.05) is 10.6 Å². The number of fused-ring (bicyclic) bond motifs is 8. The molecule has 0 saturated carbocycles. The van der Waals surface area contributed by atoms with Crippen LogP contribution in [0.15, 0.2) is 73.1 Å². The van der Waals surface area contributed by atoms with Gasteiger partial charge in [0.05, 0.1) is 33.5 Å². The molecule has 7 aromatic rings. The normalized spacial score (nSPS) is 13.5. The van der Waals surface area contributed by atoms with Crippen LogP contribution in [0.2, 0.25) is 0 Å². The molecule has 44 heavy (non-hydrogen) atoms. The summed E-state index contributed by atoms with van der Waals surface area (Å²) in [5.74, 6) is 1.00. The van der Waals surface area contributed by atoms with Gasteiger partial charge in [-0.1, -0.05) is 12.2 Å². The Balaban J connectivity index is 1.09. The Labute approximate surface area is 242 Å². The Bertz CT molecular complexity index is 2330. The van der Waals surface area contributed by atoms with E-state index in [9.17, 15) is 26.3 Å². The van der Waals surface area contributed by atoms with Gasteiger partial charge in [0.2, 0.25) is 0 Å². The molecule has 8 nitrogen and oxygen atoms in total. The Morgan fingerprint density at radius 3 is 1.98 bits per heavy atom. The number of nitrogens with one attached hydrogen (secondary N) is 2. The van der Waals surface area contributed by atoms with Crippen LogP contribution in [0, 0.1) is 0 Å². The van der Waals surface area contributed by atoms with E-state index in [1.807, 2.05) is 30.4 Å². The highest BCUT2D eigenvalue weighted by molar-refractivity contribution is 5.90. The van der Waals surface area contributed by atoms with Crippen LogP contribution in [0.4, 0.5) is 49.4 Å². The molecule has 218 valence electrons. The average molecular weight is 603 g/mol. The zero-order valence-corrected chi connectivity index (χ0v) is 22.0. The molecular weight excluding hydrogens is 586 g/mol. The number of halogens is 6. The maximum atomic E-state index is 13.2. The number of nitrogens with zero attached hydrogens (tertiary/aromatic N) is 6. The Morgan fingerprint density at radius 1 is 0.591 bits per heavy atom. The zero-order valence-electron chi connectivity index (χ0n) is 22.0. The van der Waals surface area contributed by atoms with Crippen molar-refractivity contribution in [2.45, 2.75) is 12.4 Å². The summed E-state index contributed by atoms with van der Waals surface area (Å²) in [7, 11) is 0. The predicted octanol–water partition coefficient (Wildman–Crippen LogP) is 8.09. The van der Waals surface area contributed by atoms with Crippen molar-refractivity contribution in [3.63, 3.8) is 0 Å². The SMILES string of the molecule is FC(F)(F)c1ccc2c(c1)Nc1c(nc3cc(/C=C/c4ccn5c(c4)nc4nc6ccc(C(F)(F)F)cc6nc45)ccn13)N2. The molecule has 0 atom stereocenters. The molecule has 0 saturated heterocycles. The predicted molar refractivity (Wildman–Crippen MR) is 153 cm³/mol. The first kappa shape index (κ1) is 26.0. The Morgan fingerprint density at radius 2 is 1.25 bits per heavy atom. The Kier molecular flexibility index (Phi) is 5.27. The van der Waals surface area contributed by atoms with Gasteiger partial charge in [-0.3, -0.25) is 8.80 Å². The van der Waals surface area contributed by atoms with Gasteiger partial charge in [-0.15, -0.1) is 0 Å². The third-order valence-corrected chi connectivity index (χ3v) is 7.33. The van der Waals surface area contributed by atoms with Crippen LogP contribution >= 0.6 is 0 Å². The third-order valence-electron chi connectivity index (χ3n) is 7.33. The van der Waals surface area contributed by atoms with Crippen molar-refractivity contribution in [3.05, 3.63) is 95.3 Å². The van der Waals surface area contributed by atoms with E-state index in [4.69, 9.17) is 0 Å². The van der Waals surface area contributed by atoms with Gasteiger partial charge < -0.3 is 10.6 Å². The minimum Gasteiger partial charge on any atom is -0.336 e. The first-order valence-corrected chi connectivity index (χ1v) is 13.1. The molecule has 0 amide bonds. The van der Waals surface area contributed by atoms with Gasteiger partial charge in [0.15, 0.2) is 22.9 Å². The van der Waals surface area contributed by atoms with E-state index in [0.717, 1.165) is 35.4 Å². The minimum atomic E-state index is -4.49. The van der Waals surface area contributed by atoms with E-state index < -0.39 is 23.5 Å². The summed E-state index contributed by atoms with van der Waals surface area (Å²) in [4.78, 5) is 17.9. The molecule has 0 bridgehead atoms. The van der Waals surface area contributed by atoms with Crippen LogP contribution in [0.3, 0.4) is 0 Å². The number of pyridine rings is 2. The van der Waals surface area contributed by atoms with Crippen LogP contribution in [0.1, 0.15) is 22.3 Å². The van der Waals surface area contributed by atoms with E-state index in [-0.39, 0.29) is 5.52 Å². The largest absolute Gasteiger partial charge is 0.416 e. The summed E-state index contributed by atoms with van der Waals surface area (Å²) in [6.45, 7) is 0. The lowest BCUT2D eigenvalue weighted by atomic mass is 10.1. The van der Waals surface area contributed by atoms with Crippen LogP contribution < -0.4 is 10.6 Å². The summed E-state index contributed by atoms with van der Waals surface area (Å²) in [6.07, 6.45) is -1.71. The molecule has 0 aliphatic carbocycles. The first-order chi connectivity index (χ1) is 21.0. The maximum absolute atomic E-state index is 13.2. The molecular formula is C30H16F6N8. The summed E-state index contributed by atoms with van der Waals surface area (Å²) >= 11 is 0. The lowest BCUT2D eigenvalue weighted by molar-refractivity contribution is -0.138. The molecule has 2 N–H and O–H groups in total.